The number of nitrogens with one attached hydrogen (secondary N) is 1. The molecule has 18 heavy (non-hydrogen) atoms. The lowest BCUT2D eigenvalue weighted by Gasteiger charge is -2.07. The van der Waals surface area contributed by atoms with Gasteiger partial charge in [0.1, 0.15) is 5.76 Å². The van der Waals surface area contributed by atoms with Gasteiger partial charge in [-0.2, -0.15) is 0 Å². The Labute approximate surface area is 107 Å². The minimum absolute atomic E-state index is 0.652. The van der Waals surface area contributed by atoms with E-state index >= 15 is 0 Å². The maximum atomic E-state index is 5.25. The van der Waals surface area contributed by atoms with Gasteiger partial charge in [-0.25, -0.2) is 9.97 Å². The lowest BCUT2D eigenvalue weighted by atomic mass is 10.2. The summed E-state index contributed by atoms with van der Waals surface area (Å²) in [5.74, 6) is 2.22. The molecule has 0 amide bonds. The lowest BCUT2D eigenvalue weighted by Crippen LogP contribution is -2.19. The van der Waals surface area contributed by atoms with Gasteiger partial charge in [0, 0.05) is 24.5 Å². The number of rotatable bonds is 5. The van der Waals surface area contributed by atoms with E-state index in [0.29, 0.717) is 11.7 Å². The highest BCUT2D eigenvalue weighted by Gasteiger charge is 2.07. The molecule has 0 saturated carbocycles. The smallest absolute Gasteiger partial charge is 0.162 e. The average Bonchev–Trinajstić information content (AvgIpc) is 2.76. The third-order valence-corrected chi connectivity index (χ3v) is 2.69. The van der Waals surface area contributed by atoms with Gasteiger partial charge < -0.3 is 9.73 Å². The minimum atomic E-state index is 0.652. The van der Waals surface area contributed by atoms with E-state index in [1.807, 2.05) is 25.4 Å². The fourth-order valence-electron chi connectivity index (χ4n) is 1.71. The van der Waals surface area contributed by atoms with E-state index in [9.17, 15) is 0 Å². The molecule has 0 atom stereocenters. The van der Waals surface area contributed by atoms with Crippen LogP contribution in [0.5, 0.6) is 0 Å². The van der Waals surface area contributed by atoms with Crippen molar-refractivity contribution in [1.29, 1.82) is 0 Å². The Hall–Kier alpha value is -1.68. The third kappa shape index (κ3) is 3.17. The van der Waals surface area contributed by atoms with Crippen LogP contribution in [0.1, 0.15) is 25.2 Å². The summed E-state index contributed by atoms with van der Waals surface area (Å²) in [5, 5.41) is 3.37. The minimum Gasteiger partial charge on any atom is -0.469 e. The van der Waals surface area contributed by atoms with Crippen LogP contribution in [-0.2, 0) is 6.54 Å². The van der Waals surface area contributed by atoms with Crippen LogP contribution in [0.2, 0.25) is 0 Å². The maximum Gasteiger partial charge on any atom is 0.162 e. The van der Waals surface area contributed by atoms with Crippen molar-refractivity contribution in [3.8, 4) is 11.4 Å². The first kappa shape index (κ1) is 12.8. The molecule has 0 fully saturated rings. The van der Waals surface area contributed by atoms with E-state index in [0.717, 1.165) is 30.0 Å². The Morgan fingerprint density at radius 2 is 2.00 bits per heavy atom. The Morgan fingerprint density at radius 1 is 1.28 bits per heavy atom. The van der Waals surface area contributed by atoms with E-state index in [-0.39, 0.29) is 0 Å². The first-order valence-corrected chi connectivity index (χ1v) is 6.23. The molecule has 0 bridgehead atoms. The fraction of sp³-hybridized carbons (Fsp3) is 0.429. The van der Waals surface area contributed by atoms with Crippen molar-refractivity contribution in [3.05, 3.63) is 36.0 Å². The summed E-state index contributed by atoms with van der Waals surface area (Å²) in [6.45, 7) is 8.10. The molecular weight excluding hydrogens is 226 g/mol. The van der Waals surface area contributed by atoms with Gasteiger partial charge in [-0.15, -0.1) is 0 Å². The number of furan rings is 1. The van der Waals surface area contributed by atoms with Crippen LogP contribution in [0.4, 0.5) is 0 Å². The number of aryl methyl sites for hydroxylation is 1. The predicted molar refractivity (Wildman–Crippen MR) is 71.0 cm³/mol. The maximum absolute atomic E-state index is 5.25. The van der Waals surface area contributed by atoms with E-state index in [2.05, 4.69) is 29.1 Å². The van der Waals surface area contributed by atoms with Gasteiger partial charge in [0.15, 0.2) is 5.82 Å². The van der Waals surface area contributed by atoms with Crippen molar-refractivity contribution in [2.75, 3.05) is 6.54 Å². The lowest BCUT2D eigenvalue weighted by molar-refractivity contribution is 0.535. The van der Waals surface area contributed by atoms with Gasteiger partial charge in [0.2, 0.25) is 0 Å². The first-order chi connectivity index (χ1) is 8.66. The zero-order valence-electron chi connectivity index (χ0n) is 11.1. The van der Waals surface area contributed by atoms with Crippen LogP contribution in [-0.4, -0.2) is 16.5 Å². The topological polar surface area (TPSA) is 51.0 Å². The molecule has 4 heteroatoms. The number of hydrogen-bond acceptors (Lipinski definition) is 4. The second kappa shape index (κ2) is 5.78. The molecule has 0 aliphatic carbocycles. The van der Waals surface area contributed by atoms with Crippen LogP contribution >= 0.6 is 0 Å². The largest absolute Gasteiger partial charge is 0.469 e. The number of nitrogens with zero attached hydrogens (tertiary/aromatic N) is 2. The second-order valence-corrected chi connectivity index (χ2v) is 4.83. The SMILES string of the molecule is Cc1occc1-c1ncc(CNCC(C)C)cn1. The molecule has 2 rings (SSSR count). The normalized spacial score (nSPS) is 11.1. The third-order valence-electron chi connectivity index (χ3n) is 2.69. The van der Waals surface area contributed by atoms with Crippen LogP contribution in [0, 0.1) is 12.8 Å². The summed E-state index contributed by atoms with van der Waals surface area (Å²) in [6.07, 6.45) is 5.39. The highest BCUT2D eigenvalue weighted by atomic mass is 16.3. The molecule has 1 N–H and O–H groups in total. The molecule has 96 valence electrons. The highest BCUT2D eigenvalue weighted by molar-refractivity contribution is 5.56. The molecule has 0 radical (unpaired) electrons. The summed E-state index contributed by atoms with van der Waals surface area (Å²) in [5.41, 5.74) is 2.05. The molecule has 0 aliphatic heterocycles. The molecule has 2 aromatic rings. The van der Waals surface area contributed by atoms with Crippen molar-refractivity contribution in [1.82, 2.24) is 15.3 Å². The van der Waals surface area contributed by atoms with Crippen molar-refractivity contribution >= 4 is 0 Å². The van der Waals surface area contributed by atoms with Gasteiger partial charge >= 0.3 is 0 Å². The van der Waals surface area contributed by atoms with Crippen molar-refractivity contribution in [2.45, 2.75) is 27.3 Å². The van der Waals surface area contributed by atoms with E-state index in [1.165, 1.54) is 0 Å². The quantitative estimate of drug-likeness (QED) is 0.880. The standard InChI is InChI=1S/C14H19N3O/c1-10(2)6-15-7-12-8-16-14(17-9-12)13-4-5-18-11(13)3/h4-5,8-10,15H,6-7H2,1-3H3. The molecule has 0 unspecified atom stereocenters. The zero-order valence-corrected chi connectivity index (χ0v) is 11.1. The van der Waals surface area contributed by atoms with E-state index < -0.39 is 0 Å². The van der Waals surface area contributed by atoms with Crippen LogP contribution in [0.15, 0.2) is 29.1 Å². The van der Waals surface area contributed by atoms with Gasteiger partial charge in [0.25, 0.3) is 0 Å². The fourth-order valence-corrected chi connectivity index (χ4v) is 1.71. The Bertz CT molecular complexity index is 488. The Morgan fingerprint density at radius 3 is 2.56 bits per heavy atom. The molecule has 2 heterocycles. The van der Waals surface area contributed by atoms with Gasteiger partial charge in [-0.1, -0.05) is 13.8 Å². The summed E-state index contributed by atoms with van der Waals surface area (Å²) >= 11 is 0. The van der Waals surface area contributed by atoms with Crippen LogP contribution < -0.4 is 5.32 Å². The molecule has 2 aromatic heterocycles. The predicted octanol–water partition coefficient (Wildman–Crippen LogP) is 2.79. The summed E-state index contributed by atoms with van der Waals surface area (Å²) in [4.78, 5) is 8.74. The van der Waals surface area contributed by atoms with Crippen LogP contribution in [0.3, 0.4) is 0 Å². The zero-order chi connectivity index (χ0) is 13.0. The van der Waals surface area contributed by atoms with E-state index in [1.54, 1.807) is 6.26 Å². The molecule has 0 aliphatic rings. The van der Waals surface area contributed by atoms with Crippen molar-refractivity contribution in [3.63, 3.8) is 0 Å². The number of aromatic nitrogens is 2. The molecular formula is C14H19N3O. The molecule has 0 saturated heterocycles. The second-order valence-electron chi connectivity index (χ2n) is 4.83. The summed E-state index contributed by atoms with van der Waals surface area (Å²) in [7, 11) is 0. The van der Waals surface area contributed by atoms with Crippen molar-refractivity contribution < 1.29 is 4.42 Å². The van der Waals surface area contributed by atoms with E-state index in [4.69, 9.17) is 4.42 Å². The van der Waals surface area contributed by atoms with Crippen molar-refractivity contribution in [2.24, 2.45) is 5.92 Å². The summed E-state index contributed by atoms with van der Waals surface area (Å²) in [6, 6.07) is 1.89. The molecule has 0 spiro atoms. The Balaban J connectivity index is 2.00. The highest BCUT2D eigenvalue weighted by Crippen LogP contribution is 2.19. The number of hydrogen-bond donors (Lipinski definition) is 1. The van der Waals surface area contributed by atoms with Gasteiger partial charge in [-0.05, 0) is 25.5 Å². The molecule has 0 aromatic carbocycles. The monoisotopic (exact) mass is 245 g/mol. The molecule has 4 nitrogen and oxygen atoms in total. The Kier molecular flexibility index (Phi) is 4.10. The average molecular weight is 245 g/mol. The first-order valence-electron chi connectivity index (χ1n) is 6.23. The van der Waals surface area contributed by atoms with Crippen LogP contribution in [0.25, 0.3) is 11.4 Å². The summed E-state index contributed by atoms with van der Waals surface area (Å²) < 4.78 is 5.25. The van der Waals surface area contributed by atoms with Gasteiger partial charge in [0.05, 0.1) is 11.8 Å². The van der Waals surface area contributed by atoms with Gasteiger partial charge in [-0.3, -0.25) is 0 Å².